The lowest BCUT2D eigenvalue weighted by Crippen LogP contribution is -2.00. The number of carbonyl (C=O) groups is 1. The molecule has 0 radical (unpaired) electrons. The van der Waals surface area contributed by atoms with Crippen LogP contribution in [0.25, 0.3) is 0 Å². The van der Waals surface area contributed by atoms with Gasteiger partial charge in [-0.1, -0.05) is 32.0 Å². The number of benzene rings is 1. The van der Waals surface area contributed by atoms with Gasteiger partial charge in [0.25, 0.3) is 0 Å². The summed E-state index contributed by atoms with van der Waals surface area (Å²) in [6.45, 7) is 6.17. The Bertz CT molecular complexity index is 302. The molecule has 1 heteroatoms. The van der Waals surface area contributed by atoms with Gasteiger partial charge in [-0.15, -0.1) is 0 Å². The Morgan fingerprint density at radius 3 is 2.69 bits per heavy atom. The Kier molecular flexibility index (Phi) is 3.24. The van der Waals surface area contributed by atoms with Gasteiger partial charge in [-0.05, 0) is 30.0 Å². The molecule has 0 aliphatic carbocycles. The highest BCUT2D eigenvalue weighted by Crippen LogP contribution is 2.20. The van der Waals surface area contributed by atoms with Crippen molar-refractivity contribution in [2.24, 2.45) is 0 Å². The van der Waals surface area contributed by atoms with Crippen LogP contribution in [0, 0.1) is 6.92 Å². The molecule has 0 aliphatic rings. The summed E-state index contributed by atoms with van der Waals surface area (Å²) in [5.41, 5.74) is 3.77. The highest BCUT2D eigenvalue weighted by Gasteiger charge is 2.08. The molecule has 0 spiro atoms. The van der Waals surface area contributed by atoms with E-state index in [9.17, 15) is 4.79 Å². The third-order valence-electron chi connectivity index (χ3n) is 2.56. The van der Waals surface area contributed by atoms with Gasteiger partial charge >= 0.3 is 0 Å². The minimum Gasteiger partial charge on any atom is -0.303 e. The number of carbonyl (C=O) groups excluding carboxylic acids is 1. The minimum atomic E-state index is 0.0199. The second kappa shape index (κ2) is 4.22. The summed E-state index contributed by atoms with van der Waals surface area (Å²) < 4.78 is 0. The van der Waals surface area contributed by atoms with Crippen molar-refractivity contribution in [3.05, 3.63) is 34.9 Å². The van der Waals surface area contributed by atoms with E-state index in [0.29, 0.717) is 0 Å². The molecule has 1 rings (SSSR count). The summed E-state index contributed by atoms with van der Waals surface area (Å²) >= 11 is 0. The van der Waals surface area contributed by atoms with Gasteiger partial charge < -0.3 is 4.79 Å². The smallest absolute Gasteiger partial charge is 0.127 e. The van der Waals surface area contributed by atoms with Crippen LogP contribution in [-0.2, 0) is 11.2 Å². The van der Waals surface area contributed by atoms with Crippen molar-refractivity contribution in [2.75, 3.05) is 0 Å². The summed E-state index contributed by atoms with van der Waals surface area (Å²) in [7, 11) is 0. The van der Waals surface area contributed by atoms with Crippen molar-refractivity contribution in [1.82, 2.24) is 0 Å². The molecule has 0 bridgehead atoms. The zero-order valence-corrected chi connectivity index (χ0v) is 8.50. The first-order valence-electron chi connectivity index (χ1n) is 4.74. The van der Waals surface area contributed by atoms with E-state index in [1.807, 2.05) is 19.1 Å². The van der Waals surface area contributed by atoms with Crippen LogP contribution in [0.4, 0.5) is 0 Å². The minimum absolute atomic E-state index is 0.0199. The average Bonchev–Trinajstić information content (AvgIpc) is 2.17. The molecule has 13 heavy (non-hydrogen) atoms. The molecule has 0 aliphatic heterocycles. The van der Waals surface area contributed by atoms with Crippen molar-refractivity contribution >= 4 is 6.29 Å². The van der Waals surface area contributed by atoms with E-state index >= 15 is 0 Å². The molecular weight excluding hydrogens is 160 g/mol. The van der Waals surface area contributed by atoms with Crippen molar-refractivity contribution in [1.29, 1.82) is 0 Å². The lowest BCUT2D eigenvalue weighted by Gasteiger charge is -2.11. The van der Waals surface area contributed by atoms with Crippen molar-refractivity contribution in [3.8, 4) is 0 Å². The zero-order chi connectivity index (χ0) is 9.84. The lowest BCUT2D eigenvalue weighted by molar-refractivity contribution is -0.108. The van der Waals surface area contributed by atoms with Gasteiger partial charge in [0.05, 0.1) is 0 Å². The molecule has 0 fully saturated rings. The molecule has 0 aromatic heterocycles. The number of rotatable bonds is 3. The second-order valence-corrected chi connectivity index (χ2v) is 3.41. The van der Waals surface area contributed by atoms with Crippen LogP contribution >= 0.6 is 0 Å². The van der Waals surface area contributed by atoms with E-state index in [1.165, 1.54) is 11.1 Å². The molecule has 70 valence electrons. The lowest BCUT2D eigenvalue weighted by atomic mass is 9.93. The van der Waals surface area contributed by atoms with E-state index in [2.05, 4.69) is 19.9 Å². The van der Waals surface area contributed by atoms with Crippen LogP contribution in [0.3, 0.4) is 0 Å². The first-order chi connectivity index (χ1) is 6.20. The maximum atomic E-state index is 10.7. The van der Waals surface area contributed by atoms with Gasteiger partial charge in [-0.25, -0.2) is 0 Å². The number of aryl methyl sites for hydroxylation is 1. The van der Waals surface area contributed by atoms with Gasteiger partial charge in [0.1, 0.15) is 6.29 Å². The van der Waals surface area contributed by atoms with Crippen LogP contribution in [0.2, 0.25) is 0 Å². The quantitative estimate of drug-likeness (QED) is 0.647. The Morgan fingerprint density at radius 2 is 2.15 bits per heavy atom. The van der Waals surface area contributed by atoms with Crippen LogP contribution < -0.4 is 0 Å². The first kappa shape index (κ1) is 9.97. The fourth-order valence-electron chi connectivity index (χ4n) is 1.65. The predicted octanol–water partition coefficient (Wildman–Crippen LogP) is 2.86. The molecule has 0 saturated heterocycles. The zero-order valence-electron chi connectivity index (χ0n) is 8.50. The fourth-order valence-corrected chi connectivity index (χ4v) is 1.65. The molecule has 0 saturated carbocycles. The number of aldehydes is 1. The van der Waals surface area contributed by atoms with Crippen LogP contribution in [0.15, 0.2) is 18.2 Å². The summed E-state index contributed by atoms with van der Waals surface area (Å²) in [5, 5.41) is 0. The monoisotopic (exact) mass is 176 g/mol. The highest BCUT2D eigenvalue weighted by molar-refractivity contribution is 5.63. The molecule has 1 unspecified atom stereocenters. The normalized spacial score (nSPS) is 12.5. The van der Waals surface area contributed by atoms with Gasteiger partial charge in [0, 0.05) is 5.92 Å². The van der Waals surface area contributed by atoms with E-state index in [0.717, 1.165) is 18.3 Å². The van der Waals surface area contributed by atoms with Crippen molar-refractivity contribution in [3.63, 3.8) is 0 Å². The topological polar surface area (TPSA) is 17.1 Å². The van der Waals surface area contributed by atoms with Crippen molar-refractivity contribution < 1.29 is 4.79 Å². The van der Waals surface area contributed by atoms with E-state index in [-0.39, 0.29) is 5.92 Å². The summed E-state index contributed by atoms with van der Waals surface area (Å²) in [4.78, 5) is 10.7. The van der Waals surface area contributed by atoms with Gasteiger partial charge in [-0.2, -0.15) is 0 Å². The maximum Gasteiger partial charge on any atom is 0.127 e. The number of hydrogen-bond acceptors (Lipinski definition) is 1. The Hall–Kier alpha value is -1.11. The van der Waals surface area contributed by atoms with Crippen LogP contribution in [0.1, 0.15) is 36.5 Å². The van der Waals surface area contributed by atoms with Crippen LogP contribution in [-0.4, -0.2) is 6.29 Å². The summed E-state index contributed by atoms with van der Waals surface area (Å²) in [6, 6.07) is 6.19. The third-order valence-corrected chi connectivity index (χ3v) is 2.56. The molecule has 1 aromatic carbocycles. The number of hydrogen-bond donors (Lipinski definition) is 0. The molecule has 1 aromatic rings. The van der Waals surface area contributed by atoms with Crippen LogP contribution in [0.5, 0.6) is 0 Å². The van der Waals surface area contributed by atoms with Gasteiger partial charge in [-0.3, -0.25) is 0 Å². The maximum absolute atomic E-state index is 10.7. The standard InChI is InChI=1S/C12H16O/c1-4-11-6-5-7-12(10(11)3)9(2)8-13/h5-9H,4H2,1-3H3. The van der Waals surface area contributed by atoms with Crippen molar-refractivity contribution in [2.45, 2.75) is 33.1 Å². The molecule has 0 heterocycles. The average molecular weight is 176 g/mol. The molecule has 1 nitrogen and oxygen atoms in total. The van der Waals surface area contributed by atoms with E-state index in [4.69, 9.17) is 0 Å². The first-order valence-corrected chi connectivity index (χ1v) is 4.74. The summed E-state index contributed by atoms with van der Waals surface area (Å²) in [5.74, 6) is 0.0199. The van der Waals surface area contributed by atoms with E-state index < -0.39 is 0 Å². The summed E-state index contributed by atoms with van der Waals surface area (Å²) in [6.07, 6.45) is 2.03. The highest BCUT2D eigenvalue weighted by atomic mass is 16.1. The van der Waals surface area contributed by atoms with E-state index in [1.54, 1.807) is 0 Å². The third kappa shape index (κ3) is 1.97. The fraction of sp³-hybridized carbons (Fsp3) is 0.417. The van der Waals surface area contributed by atoms with Gasteiger partial charge in [0.15, 0.2) is 0 Å². The molecule has 1 atom stereocenters. The Morgan fingerprint density at radius 1 is 1.46 bits per heavy atom. The molecular formula is C12H16O. The molecule has 0 amide bonds. The molecule has 0 N–H and O–H groups in total. The van der Waals surface area contributed by atoms with Gasteiger partial charge in [0.2, 0.25) is 0 Å². The largest absolute Gasteiger partial charge is 0.303 e. The Labute approximate surface area is 79.8 Å². The SMILES string of the molecule is CCc1cccc(C(C)C=O)c1C. The second-order valence-electron chi connectivity index (χ2n) is 3.41. The predicted molar refractivity (Wildman–Crippen MR) is 55.0 cm³/mol. The Balaban J connectivity index is 3.14.